The molecule has 0 heterocycles. The minimum Gasteiger partial charge on any atom is -0.489 e. The Balaban J connectivity index is 2.13. The molecule has 87 valence electrons. The fourth-order valence-electron chi connectivity index (χ4n) is 1.46. The highest BCUT2D eigenvalue weighted by molar-refractivity contribution is 5.26. The highest BCUT2D eigenvalue weighted by Gasteiger charge is 2.23. The summed E-state index contributed by atoms with van der Waals surface area (Å²) in [7, 11) is 0. The van der Waals surface area contributed by atoms with E-state index in [0.29, 0.717) is 0 Å². The quantitative estimate of drug-likeness (QED) is 0.442. The van der Waals surface area contributed by atoms with E-state index in [4.69, 9.17) is 4.74 Å². The van der Waals surface area contributed by atoms with Crippen LogP contribution >= 0.6 is 0 Å². The van der Waals surface area contributed by atoms with Crippen molar-refractivity contribution >= 4 is 0 Å². The molecule has 1 saturated carbocycles. The van der Waals surface area contributed by atoms with Crippen molar-refractivity contribution in [2.45, 2.75) is 19.3 Å². The van der Waals surface area contributed by atoms with Crippen molar-refractivity contribution < 1.29 is 22.3 Å². The second kappa shape index (κ2) is 4.31. The summed E-state index contributed by atoms with van der Waals surface area (Å²) >= 11 is 0. The van der Waals surface area contributed by atoms with Crippen molar-refractivity contribution in [3.05, 3.63) is 29.3 Å². The van der Waals surface area contributed by atoms with Crippen LogP contribution in [0.1, 0.15) is 19.3 Å². The van der Waals surface area contributed by atoms with Crippen LogP contribution in [0.4, 0.5) is 17.6 Å². The lowest BCUT2D eigenvalue weighted by Gasteiger charge is -2.25. The van der Waals surface area contributed by atoms with E-state index in [2.05, 4.69) is 0 Å². The summed E-state index contributed by atoms with van der Waals surface area (Å²) in [4.78, 5) is 0. The Hall–Kier alpha value is -1.26. The Kier molecular flexibility index (Phi) is 3.03. The molecule has 1 aliphatic carbocycles. The van der Waals surface area contributed by atoms with E-state index in [1.165, 1.54) is 0 Å². The summed E-state index contributed by atoms with van der Waals surface area (Å²) in [6, 6.07) is 1.71. The van der Waals surface area contributed by atoms with E-state index in [-0.39, 0.29) is 12.5 Å². The zero-order chi connectivity index (χ0) is 11.7. The van der Waals surface area contributed by atoms with Gasteiger partial charge in [-0.3, -0.25) is 0 Å². The molecule has 1 aromatic carbocycles. The topological polar surface area (TPSA) is 9.23 Å². The molecule has 1 nitrogen and oxygen atoms in total. The molecular formula is C11H9F4O. The average Bonchev–Trinajstić information content (AvgIpc) is 2.20. The summed E-state index contributed by atoms with van der Waals surface area (Å²) < 4.78 is 56.0. The first-order valence-corrected chi connectivity index (χ1v) is 4.97. The number of rotatable bonds is 3. The Bertz CT molecular complexity index is 401. The maximum atomic E-state index is 13.1. The van der Waals surface area contributed by atoms with Gasteiger partial charge in [-0.1, -0.05) is 6.42 Å². The van der Waals surface area contributed by atoms with Gasteiger partial charge in [-0.05, 0) is 18.8 Å². The molecule has 0 aromatic heterocycles. The van der Waals surface area contributed by atoms with Gasteiger partial charge in [0, 0.05) is 0 Å². The third-order valence-electron chi connectivity index (χ3n) is 2.69. The minimum absolute atomic E-state index is 0.179. The van der Waals surface area contributed by atoms with Gasteiger partial charge >= 0.3 is 0 Å². The van der Waals surface area contributed by atoms with Crippen LogP contribution in [0.15, 0.2) is 0 Å². The first-order valence-electron chi connectivity index (χ1n) is 4.97. The van der Waals surface area contributed by atoms with Crippen LogP contribution in [-0.2, 0) is 0 Å². The van der Waals surface area contributed by atoms with Gasteiger partial charge in [-0.15, -0.1) is 0 Å². The molecule has 2 rings (SSSR count). The predicted octanol–water partition coefficient (Wildman–Crippen LogP) is 3.22. The maximum absolute atomic E-state index is 13.1. The van der Waals surface area contributed by atoms with Crippen LogP contribution in [0.5, 0.6) is 5.75 Å². The second-order valence-electron chi connectivity index (χ2n) is 3.82. The molecule has 0 unspecified atom stereocenters. The van der Waals surface area contributed by atoms with Gasteiger partial charge in [0.2, 0.25) is 11.6 Å². The van der Waals surface area contributed by atoms with E-state index in [9.17, 15) is 17.6 Å². The largest absolute Gasteiger partial charge is 0.489 e. The van der Waals surface area contributed by atoms with Gasteiger partial charge in [0.25, 0.3) is 0 Å². The molecule has 1 aliphatic rings. The van der Waals surface area contributed by atoms with Crippen LogP contribution in [-0.4, -0.2) is 6.61 Å². The minimum atomic E-state index is -1.87. The van der Waals surface area contributed by atoms with Gasteiger partial charge in [0.15, 0.2) is 17.4 Å². The maximum Gasteiger partial charge on any atom is 0.204 e. The van der Waals surface area contributed by atoms with Gasteiger partial charge in [-0.25, -0.2) is 13.2 Å². The third-order valence-corrected chi connectivity index (χ3v) is 2.69. The molecule has 1 radical (unpaired) electrons. The zero-order valence-electron chi connectivity index (χ0n) is 8.33. The van der Waals surface area contributed by atoms with Crippen molar-refractivity contribution in [3.8, 4) is 5.75 Å². The van der Waals surface area contributed by atoms with Gasteiger partial charge in [0.1, 0.15) is 0 Å². The molecule has 5 heteroatoms. The Morgan fingerprint density at radius 2 is 1.75 bits per heavy atom. The molecule has 16 heavy (non-hydrogen) atoms. The zero-order valence-corrected chi connectivity index (χ0v) is 8.33. The number of hydrogen-bond acceptors (Lipinski definition) is 1. The fraction of sp³-hybridized carbons (Fsp3) is 0.455. The predicted molar refractivity (Wildman–Crippen MR) is 47.9 cm³/mol. The normalized spacial score (nSPS) is 16.0. The van der Waals surface area contributed by atoms with Crippen LogP contribution in [0.3, 0.4) is 0 Å². The fourth-order valence-corrected chi connectivity index (χ4v) is 1.46. The van der Waals surface area contributed by atoms with Crippen LogP contribution in [0.2, 0.25) is 0 Å². The van der Waals surface area contributed by atoms with Crippen molar-refractivity contribution in [3.63, 3.8) is 0 Å². The van der Waals surface area contributed by atoms with Crippen molar-refractivity contribution in [2.24, 2.45) is 5.92 Å². The van der Waals surface area contributed by atoms with Crippen LogP contribution < -0.4 is 4.74 Å². The van der Waals surface area contributed by atoms with Gasteiger partial charge < -0.3 is 4.74 Å². The van der Waals surface area contributed by atoms with Gasteiger partial charge in [0.05, 0.1) is 12.7 Å². The highest BCUT2D eigenvalue weighted by atomic mass is 19.2. The molecular weight excluding hydrogens is 224 g/mol. The van der Waals surface area contributed by atoms with Crippen molar-refractivity contribution in [1.82, 2.24) is 0 Å². The van der Waals surface area contributed by atoms with E-state index in [1.807, 2.05) is 0 Å². The highest BCUT2D eigenvalue weighted by Crippen LogP contribution is 2.29. The van der Waals surface area contributed by atoms with E-state index in [1.54, 1.807) is 6.07 Å². The van der Waals surface area contributed by atoms with Crippen molar-refractivity contribution in [1.29, 1.82) is 0 Å². The summed E-state index contributed by atoms with van der Waals surface area (Å²) in [5.41, 5.74) is 0. The number of halogens is 4. The molecule has 0 saturated heterocycles. The Morgan fingerprint density at radius 1 is 1.06 bits per heavy atom. The summed E-state index contributed by atoms with van der Waals surface area (Å²) in [6.45, 7) is 0.179. The second-order valence-corrected chi connectivity index (χ2v) is 3.82. The van der Waals surface area contributed by atoms with Crippen molar-refractivity contribution in [2.75, 3.05) is 6.61 Å². The lowest BCUT2D eigenvalue weighted by molar-refractivity contribution is 0.172. The van der Waals surface area contributed by atoms with Gasteiger partial charge in [-0.2, -0.15) is 4.39 Å². The van der Waals surface area contributed by atoms with E-state index >= 15 is 0 Å². The molecule has 0 atom stereocenters. The standard InChI is InChI=1S/C11H9F4O/c12-7-4-8(10(14)11(15)9(7)13)16-5-6-2-1-3-6/h6H,1-3,5H2. The molecule has 0 amide bonds. The number of ether oxygens (including phenoxy) is 1. The van der Waals surface area contributed by atoms with E-state index < -0.39 is 29.0 Å². The Labute approximate surface area is 90.0 Å². The van der Waals surface area contributed by atoms with E-state index in [0.717, 1.165) is 19.3 Å². The number of benzene rings is 1. The summed E-state index contributed by atoms with van der Waals surface area (Å²) in [6.07, 6.45) is 2.98. The van der Waals surface area contributed by atoms with Crippen LogP contribution in [0.25, 0.3) is 0 Å². The monoisotopic (exact) mass is 233 g/mol. The molecule has 0 spiro atoms. The molecule has 0 aliphatic heterocycles. The molecule has 1 aromatic rings. The summed E-state index contributed by atoms with van der Waals surface area (Å²) in [5.74, 6) is -7.23. The first kappa shape index (κ1) is 11.2. The Morgan fingerprint density at radius 3 is 2.31 bits per heavy atom. The first-order chi connectivity index (χ1) is 7.59. The molecule has 0 bridgehead atoms. The van der Waals surface area contributed by atoms with Crippen LogP contribution in [0, 0.1) is 35.3 Å². The lowest BCUT2D eigenvalue weighted by atomic mass is 9.86. The lowest BCUT2D eigenvalue weighted by Crippen LogP contribution is -2.20. The third kappa shape index (κ3) is 1.99. The number of hydrogen-bond donors (Lipinski definition) is 0. The average molecular weight is 233 g/mol. The molecule has 1 fully saturated rings. The smallest absolute Gasteiger partial charge is 0.204 e. The SMILES string of the molecule is Fc1[c]c(OCC2CCC2)c(F)c(F)c1F. The summed E-state index contributed by atoms with van der Waals surface area (Å²) in [5, 5.41) is 0. The molecule has 0 N–H and O–H groups in total.